The number of rotatable bonds is 3. The van der Waals surface area contributed by atoms with Gasteiger partial charge < -0.3 is 5.32 Å². The molecule has 2 aromatic carbocycles. The molecule has 0 bridgehead atoms. The van der Waals surface area contributed by atoms with Gasteiger partial charge in [0.15, 0.2) is 0 Å². The zero-order chi connectivity index (χ0) is 15.6. The molecule has 21 heavy (non-hydrogen) atoms. The average Bonchev–Trinajstić information content (AvgIpc) is 2.43. The molecule has 5 nitrogen and oxygen atoms in total. The van der Waals surface area contributed by atoms with Gasteiger partial charge in [0.05, 0.1) is 4.92 Å². The number of nitrogens with one attached hydrogen (secondary N) is 1. The number of nitro groups is 1. The summed E-state index contributed by atoms with van der Waals surface area (Å²) in [5, 5.41) is 13.5. The van der Waals surface area contributed by atoms with Crippen LogP contribution in [0.25, 0.3) is 0 Å². The summed E-state index contributed by atoms with van der Waals surface area (Å²) >= 11 is 5.72. The fourth-order valence-corrected chi connectivity index (χ4v) is 2.00. The van der Waals surface area contributed by atoms with Crippen LogP contribution in [0, 0.1) is 24.0 Å². The van der Waals surface area contributed by atoms with Crippen LogP contribution in [0.4, 0.5) is 11.4 Å². The Morgan fingerprint density at radius 3 is 2.48 bits per heavy atom. The van der Waals surface area contributed by atoms with Crippen molar-refractivity contribution < 1.29 is 9.72 Å². The molecule has 0 aromatic heterocycles. The summed E-state index contributed by atoms with van der Waals surface area (Å²) in [7, 11) is 0. The number of nitro benzene ring substituents is 1. The molecule has 0 aliphatic heterocycles. The Morgan fingerprint density at radius 1 is 1.14 bits per heavy atom. The van der Waals surface area contributed by atoms with E-state index in [2.05, 4.69) is 5.32 Å². The molecule has 0 radical (unpaired) electrons. The molecule has 6 heteroatoms. The van der Waals surface area contributed by atoms with Gasteiger partial charge in [-0.15, -0.1) is 0 Å². The zero-order valence-corrected chi connectivity index (χ0v) is 12.3. The highest BCUT2D eigenvalue weighted by Gasteiger charge is 2.16. The Bertz CT molecular complexity index is 729. The van der Waals surface area contributed by atoms with Gasteiger partial charge in [-0.25, -0.2) is 0 Å². The molecule has 0 spiro atoms. The molecular weight excluding hydrogens is 292 g/mol. The van der Waals surface area contributed by atoms with Crippen LogP contribution in [0.1, 0.15) is 21.5 Å². The second kappa shape index (κ2) is 5.93. The van der Waals surface area contributed by atoms with Gasteiger partial charge in [0.25, 0.3) is 11.6 Å². The van der Waals surface area contributed by atoms with E-state index < -0.39 is 10.8 Å². The number of hydrogen-bond acceptors (Lipinski definition) is 3. The van der Waals surface area contributed by atoms with Gasteiger partial charge in [0.1, 0.15) is 5.02 Å². The van der Waals surface area contributed by atoms with Crippen LogP contribution >= 0.6 is 11.6 Å². The van der Waals surface area contributed by atoms with Crippen molar-refractivity contribution in [3.05, 3.63) is 68.2 Å². The van der Waals surface area contributed by atoms with E-state index in [-0.39, 0.29) is 16.3 Å². The molecule has 0 saturated carbocycles. The second-order valence-corrected chi connectivity index (χ2v) is 5.08. The normalized spacial score (nSPS) is 10.2. The molecule has 0 aliphatic rings. The monoisotopic (exact) mass is 304 g/mol. The highest BCUT2D eigenvalue weighted by Crippen LogP contribution is 2.25. The standard InChI is InChI=1S/C15H13ClN2O3/c1-9-3-5-12(7-10(9)2)17-15(19)11-4-6-13(16)14(8-11)18(20)21/h3-8H,1-2H3,(H,17,19). The van der Waals surface area contributed by atoms with Gasteiger partial charge in [-0.3, -0.25) is 14.9 Å². The molecule has 0 unspecified atom stereocenters. The Balaban J connectivity index is 2.26. The topological polar surface area (TPSA) is 72.2 Å². The first-order valence-corrected chi connectivity index (χ1v) is 6.59. The van der Waals surface area contributed by atoms with Crippen molar-refractivity contribution in [2.45, 2.75) is 13.8 Å². The lowest BCUT2D eigenvalue weighted by molar-refractivity contribution is -0.384. The Morgan fingerprint density at radius 2 is 1.86 bits per heavy atom. The largest absolute Gasteiger partial charge is 0.322 e. The van der Waals surface area contributed by atoms with Crippen molar-refractivity contribution in [2.24, 2.45) is 0 Å². The third-order valence-corrected chi connectivity index (χ3v) is 3.49. The maximum Gasteiger partial charge on any atom is 0.288 e. The van der Waals surface area contributed by atoms with E-state index in [0.717, 1.165) is 11.1 Å². The predicted molar refractivity (Wildman–Crippen MR) is 82.0 cm³/mol. The minimum atomic E-state index is -0.616. The zero-order valence-electron chi connectivity index (χ0n) is 11.5. The molecule has 0 atom stereocenters. The third kappa shape index (κ3) is 3.38. The lowest BCUT2D eigenvalue weighted by Crippen LogP contribution is -2.12. The SMILES string of the molecule is Cc1ccc(NC(=O)c2ccc(Cl)c([N+](=O)[O-])c2)cc1C. The molecule has 1 amide bonds. The van der Waals surface area contributed by atoms with Crippen molar-refractivity contribution in [1.82, 2.24) is 0 Å². The summed E-state index contributed by atoms with van der Waals surface area (Å²) in [5.74, 6) is -0.419. The van der Waals surface area contributed by atoms with Crippen LogP contribution in [-0.4, -0.2) is 10.8 Å². The van der Waals surface area contributed by atoms with E-state index in [0.29, 0.717) is 5.69 Å². The molecule has 0 fully saturated rings. The molecule has 2 rings (SSSR count). The number of amides is 1. The number of hydrogen-bond donors (Lipinski definition) is 1. The predicted octanol–water partition coefficient (Wildman–Crippen LogP) is 4.12. The van der Waals surface area contributed by atoms with E-state index in [1.165, 1.54) is 18.2 Å². The Labute approximate surface area is 126 Å². The van der Waals surface area contributed by atoms with Gasteiger partial charge in [-0.2, -0.15) is 0 Å². The molecule has 0 saturated heterocycles. The van der Waals surface area contributed by atoms with E-state index in [1.54, 1.807) is 6.07 Å². The molecule has 108 valence electrons. The highest BCUT2D eigenvalue weighted by atomic mass is 35.5. The van der Waals surface area contributed by atoms with Gasteiger partial charge >= 0.3 is 0 Å². The van der Waals surface area contributed by atoms with Gasteiger partial charge in [-0.05, 0) is 49.2 Å². The number of benzene rings is 2. The first-order chi connectivity index (χ1) is 9.88. The number of carbonyl (C=O) groups excluding carboxylic acids is 1. The summed E-state index contributed by atoms with van der Waals surface area (Å²) in [5.41, 5.74) is 2.71. The van der Waals surface area contributed by atoms with Crippen LogP contribution in [0.2, 0.25) is 5.02 Å². The van der Waals surface area contributed by atoms with Crippen LogP contribution in [-0.2, 0) is 0 Å². The number of anilines is 1. The molecule has 0 heterocycles. The van der Waals surface area contributed by atoms with E-state index in [1.807, 2.05) is 26.0 Å². The summed E-state index contributed by atoms with van der Waals surface area (Å²) in [6, 6.07) is 9.48. The number of aryl methyl sites for hydroxylation is 2. The van der Waals surface area contributed by atoms with Gasteiger partial charge in [0, 0.05) is 17.3 Å². The third-order valence-electron chi connectivity index (χ3n) is 3.17. The van der Waals surface area contributed by atoms with Gasteiger partial charge in [0.2, 0.25) is 0 Å². The number of carbonyl (C=O) groups is 1. The minimum Gasteiger partial charge on any atom is -0.322 e. The van der Waals surface area contributed by atoms with Crippen molar-refractivity contribution in [3.63, 3.8) is 0 Å². The molecular formula is C15H13ClN2O3. The van der Waals surface area contributed by atoms with E-state index in [9.17, 15) is 14.9 Å². The molecule has 1 N–H and O–H groups in total. The fraction of sp³-hybridized carbons (Fsp3) is 0.133. The van der Waals surface area contributed by atoms with E-state index in [4.69, 9.17) is 11.6 Å². The van der Waals surface area contributed by atoms with Crippen LogP contribution in [0.5, 0.6) is 0 Å². The summed E-state index contributed by atoms with van der Waals surface area (Å²) in [4.78, 5) is 22.3. The lowest BCUT2D eigenvalue weighted by Gasteiger charge is -2.08. The van der Waals surface area contributed by atoms with Gasteiger partial charge in [-0.1, -0.05) is 17.7 Å². The minimum absolute atomic E-state index is 0.00253. The molecule has 0 aliphatic carbocycles. The first-order valence-electron chi connectivity index (χ1n) is 6.21. The van der Waals surface area contributed by atoms with Crippen molar-refractivity contribution in [2.75, 3.05) is 5.32 Å². The Kier molecular flexibility index (Phi) is 4.23. The van der Waals surface area contributed by atoms with Crippen LogP contribution < -0.4 is 5.32 Å². The number of halogens is 1. The van der Waals surface area contributed by atoms with Crippen LogP contribution in [0.3, 0.4) is 0 Å². The maximum atomic E-state index is 12.1. The van der Waals surface area contributed by atoms with Crippen molar-refractivity contribution in [1.29, 1.82) is 0 Å². The lowest BCUT2D eigenvalue weighted by atomic mass is 10.1. The van der Waals surface area contributed by atoms with Crippen LogP contribution in [0.15, 0.2) is 36.4 Å². The van der Waals surface area contributed by atoms with Crippen molar-refractivity contribution >= 4 is 28.9 Å². The maximum absolute atomic E-state index is 12.1. The number of nitrogens with zero attached hydrogens (tertiary/aromatic N) is 1. The Hall–Kier alpha value is -2.40. The highest BCUT2D eigenvalue weighted by molar-refractivity contribution is 6.32. The molecule has 2 aromatic rings. The average molecular weight is 305 g/mol. The summed E-state index contributed by atoms with van der Waals surface area (Å²) < 4.78 is 0. The smallest absolute Gasteiger partial charge is 0.288 e. The van der Waals surface area contributed by atoms with E-state index >= 15 is 0 Å². The summed E-state index contributed by atoms with van der Waals surface area (Å²) in [6.07, 6.45) is 0. The van der Waals surface area contributed by atoms with Crippen molar-refractivity contribution in [3.8, 4) is 0 Å². The quantitative estimate of drug-likeness (QED) is 0.685. The second-order valence-electron chi connectivity index (χ2n) is 4.68. The first kappa shape index (κ1) is 15.0. The fourth-order valence-electron chi connectivity index (χ4n) is 1.82. The summed E-state index contributed by atoms with van der Waals surface area (Å²) in [6.45, 7) is 3.92.